The lowest BCUT2D eigenvalue weighted by molar-refractivity contribution is -0.191. The lowest BCUT2D eigenvalue weighted by Crippen LogP contribution is -2.37. The second-order valence-corrected chi connectivity index (χ2v) is 7.40. The summed E-state index contributed by atoms with van der Waals surface area (Å²) in [4.78, 5) is 14.4. The number of hydrogen-bond acceptors (Lipinski definition) is 6. The first-order valence-electron chi connectivity index (χ1n) is 8.01. The van der Waals surface area contributed by atoms with Crippen molar-refractivity contribution in [1.29, 1.82) is 0 Å². The van der Waals surface area contributed by atoms with Crippen LogP contribution in [0.3, 0.4) is 0 Å². The van der Waals surface area contributed by atoms with Gasteiger partial charge in [-0.25, -0.2) is 18.1 Å². The second kappa shape index (κ2) is 8.02. The molecule has 0 amide bonds. The molecule has 2 aromatic rings. The van der Waals surface area contributed by atoms with E-state index in [0.29, 0.717) is 5.56 Å². The molecule has 1 aromatic heterocycles. The Labute approximate surface area is 158 Å². The number of nitrogens with one attached hydrogen (secondary N) is 1. The molecule has 7 nitrogen and oxygen atoms in total. The van der Waals surface area contributed by atoms with Crippen molar-refractivity contribution in [3.05, 3.63) is 57.2 Å². The third-order valence-electron chi connectivity index (χ3n) is 4.00. The van der Waals surface area contributed by atoms with Crippen molar-refractivity contribution in [2.24, 2.45) is 0 Å². The minimum absolute atomic E-state index is 0.234. The highest BCUT2D eigenvalue weighted by Crippen LogP contribution is 2.41. The van der Waals surface area contributed by atoms with Crippen LogP contribution in [0.4, 0.5) is 8.78 Å². The van der Waals surface area contributed by atoms with E-state index in [1.165, 1.54) is 6.20 Å². The summed E-state index contributed by atoms with van der Waals surface area (Å²) >= 11 is 4.94. The summed E-state index contributed by atoms with van der Waals surface area (Å²) < 4.78 is 57.1. The summed E-state index contributed by atoms with van der Waals surface area (Å²) in [5, 5.41) is 0. The molecule has 2 heterocycles. The Bertz CT molecular complexity index is 954. The number of alkyl halides is 2. The summed E-state index contributed by atoms with van der Waals surface area (Å²) in [6, 6.07) is 8.15. The van der Waals surface area contributed by atoms with E-state index >= 15 is 0 Å². The highest BCUT2D eigenvalue weighted by Gasteiger charge is 2.52. The number of halogens is 2. The Morgan fingerprint density at radius 3 is 2.85 bits per heavy atom. The van der Waals surface area contributed by atoms with Gasteiger partial charge in [0.1, 0.15) is 23.2 Å². The van der Waals surface area contributed by atoms with E-state index in [0.717, 1.165) is 4.57 Å². The Kier molecular flexibility index (Phi) is 5.90. The van der Waals surface area contributed by atoms with Gasteiger partial charge in [-0.3, -0.25) is 14.1 Å². The molecule has 11 heteroatoms. The number of aryl methyl sites for hydroxylation is 1. The fraction of sp³-hybridized carbons (Fsp3) is 0.375. The predicted molar refractivity (Wildman–Crippen MR) is 96.1 cm³/mol. The molecule has 1 aliphatic rings. The second-order valence-electron chi connectivity index (χ2n) is 5.99. The van der Waals surface area contributed by atoms with E-state index in [-0.39, 0.29) is 10.4 Å². The van der Waals surface area contributed by atoms with Gasteiger partial charge in [0.25, 0.3) is 5.85 Å². The molecule has 27 heavy (non-hydrogen) atoms. The lowest BCUT2D eigenvalue weighted by atomic mass is 10.2. The van der Waals surface area contributed by atoms with Crippen LogP contribution in [0.25, 0.3) is 0 Å². The summed E-state index contributed by atoms with van der Waals surface area (Å²) in [5.74, 6) is -2.58. The van der Waals surface area contributed by atoms with Gasteiger partial charge in [0, 0.05) is 18.2 Å². The third kappa shape index (κ3) is 4.52. The molecule has 1 fully saturated rings. The number of aromatic amines is 1. The van der Waals surface area contributed by atoms with Crippen LogP contribution >= 0.6 is 20.5 Å². The zero-order chi connectivity index (χ0) is 19.6. The van der Waals surface area contributed by atoms with Gasteiger partial charge in [-0.2, -0.15) is 0 Å². The highest BCUT2D eigenvalue weighted by molar-refractivity contribution is 7.71. The first-order chi connectivity index (χ1) is 12.8. The number of ether oxygens (including phenoxy) is 1. The molecule has 3 rings (SSSR count). The van der Waals surface area contributed by atoms with Gasteiger partial charge in [0.15, 0.2) is 6.17 Å². The Morgan fingerprint density at radius 1 is 1.44 bits per heavy atom. The summed E-state index contributed by atoms with van der Waals surface area (Å²) in [7, 11) is -3.12. The SMILES string of the molecule is Cc1cn([C@H]2C[C@H](F)[C@@](F)(CO[PH](=O)Oc3ccccc3)O2)c(=O)[nH]c1=S. The third-order valence-corrected chi connectivity index (χ3v) is 5.20. The quantitative estimate of drug-likeness (QED) is 0.570. The maximum absolute atomic E-state index is 14.8. The number of hydrogen-bond donors (Lipinski definition) is 1. The fourth-order valence-corrected chi connectivity index (χ4v) is 3.41. The molecule has 146 valence electrons. The normalized spacial score (nSPS) is 26.0. The molecule has 0 bridgehead atoms. The predicted octanol–water partition coefficient (Wildman–Crippen LogP) is 3.62. The molecule has 1 saturated heterocycles. The summed E-state index contributed by atoms with van der Waals surface area (Å²) in [5.41, 5.74) is -0.0912. The first-order valence-corrected chi connectivity index (χ1v) is 9.64. The Balaban J connectivity index is 1.66. The lowest BCUT2D eigenvalue weighted by Gasteiger charge is -2.22. The summed E-state index contributed by atoms with van der Waals surface area (Å²) in [6.07, 6.45) is -2.31. The molecule has 0 saturated carbocycles. The number of benzene rings is 1. The molecule has 4 atom stereocenters. The van der Waals surface area contributed by atoms with Crippen molar-refractivity contribution >= 4 is 20.5 Å². The van der Waals surface area contributed by atoms with E-state index in [9.17, 15) is 18.1 Å². The van der Waals surface area contributed by atoms with E-state index in [1.54, 1.807) is 37.3 Å². The fourth-order valence-electron chi connectivity index (χ4n) is 2.57. The zero-order valence-corrected chi connectivity index (χ0v) is 16.0. The van der Waals surface area contributed by atoms with Crippen LogP contribution in [0.2, 0.25) is 0 Å². The van der Waals surface area contributed by atoms with Crippen LogP contribution in [0, 0.1) is 11.6 Å². The van der Waals surface area contributed by atoms with Gasteiger partial charge < -0.3 is 9.26 Å². The number of aromatic nitrogens is 2. The smallest absolute Gasteiger partial charge is 0.368 e. The largest absolute Gasteiger partial charge is 0.426 e. The van der Waals surface area contributed by atoms with Crippen LogP contribution < -0.4 is 10.2 Å². The Morgan fingerprint density at radius 2 is 2.15 bits per heavy atom. The molecular formula is C16H17F2N2O5PS. The average molecular weight is 418 g/mol. The van der Waals surface area contributed by atoms with Crippen molar-refractivity contribution < 1.29 is 27.1 Å². The van der Waals surface area contributed by atoms with Gasteiger partial charge >= 0.3 is 13.9 Å². The van der Waals surface area contributed by atoms with Gasteiger partial charge in [-0.05, 0) is 19.1 Å². The van der Waals surface area contributed by atoms with Crippen LogP contribution in [-0.4, -0.2) is 28.2 Å². The molecule has 1 aromatic carbocycles. The van der Waals surface area contributed by atoms with Crippen LogP contribution in [0.1, 0.15) is 18.2 Å². The number of H-pyrrole nitrogens is 1. The topological polar surface area (TPSA) is 82.5 Å². The van der Waals surface area contributed by atoms with Crippen molar-refractivity contribution in [3.63, 3.8) is 0 Å². The van der Waals surface area contributed by atoms with Crippen LogP contribution in [0.15, 0.2) is 41.3 Å². The van der Waals surface area contributed by atoms with Crippen molar-refractivity contribution in [3.8, 4) is 5.75 Å². The Hall–Kier alpha value is -1.87. The van der Waals surface area contributed by atoms with E-state index < -0.39 is 45.2 Å². The number of rotatable bonds is 6. The van der Waals surface area contributed by atoms with Crippen LogP contribution in [0.5, 0.6) is 5.75 Å². The molecule has 0 aliphatic carbocycles. The molecule has 0 radical (unpaired) electrons. The molecule has 0 spiro atoms. The maximum atomic E-state index is 14.8. The highest BCUT2D eigenvalue weighted by atomic mass is 32.1. The van der Waals surface area contributed by atoms with Gasteiger partial charge in [0.2, 0.25) is 0 Å². The first kappa shape index (κ1) is 19.9. The van der Waals surface area contributed by atoms with Gasteiger partial charge in [0.05, 0.1) is 0 Å². The average Bonchev–Trinajstić information content (AvgIpc) is 2.92. The van der Waals surface area contributed by atoms with E-state index in [2.05, 4.69) is 4.98 Å². The summed E-state index contributed by atoms with van der Waals surface area (Å²) in [6.45, 7) is 0.710. The maximum Gasteiger partial charge on any atom is 0.368 e. The van der Waals surface area contributed by atoms with Crippen LogP contribution in [-0.2, 0) is 13.8 Å². The van der Waals surface area contributed by atoms with Crippen molar-refractivity contribution in [1.82, 2.24) is 9.55 Å². The van der Waals surface area contributed by atoms with Gasteiger partial charge in [-0.1, -0.05) is 30.4 Å². The van der Waals surface area contributed by atoms with E-state index in [1.807, 2.05) is 0 Å². The standard InChI is InChI=1S/C16H17F2N2O5PS/c1-10-8-20(15(21)19-14(10)27)13-7-12(17)16(18,24-13)9-23-26(22)25-11-5-3-2-4-6-11/h2-6,8,12-13,26H,7,9H2,1H3,(H,19,21,27)/t12-,13+,16+/m0/s1. The number of para-hydroxylation sites is 1. The zero-order valence-electron chi connectivity index (χ0n) is 14.2. The molecule has 1 aliphatic heterocycles. The van der Waals surface area contributed by atoms with Crippen molar-refractivity contribution in [2.75, 3.05) is 6.61 Å². The monoisotopic (exact) mass is 418 g/mol. The van der Waals surface area contributed by atoms with Gasteiger partial charge in [-0.15, -0.1) is 0 Å². The molecule has 1 N–H and O–H groups in total. The van der Waals surface area contributed by atoms with E-state index in [4.69, 9.17) is 26.0 Å². The molecular weight excluding hydrogens is 401 g/mol. The van der Waals surface area contributed by atoms with Crippen molar-refractivity contribution in [2.45, 2.75) is 31.6 Å². The minimum Gasteiger partial charge on any atom is -0.426 e. The molecule has 1 unspecified atom stereocenters. The number of nitrogens with zero attached hydrogens (tertiary/aromatic N) is 1. The minimum atomic E-state index is -3.12.